The van der Waals surface area contributed by atoms with Crippen LogP contribution in [0.2, 0.25) is 0 Å². The van der Waals surface area contributed by atoms with Crippen molar-refractivity contribution in [1.82, 2.24) is 29.9 Å². The summed E-state index contributed by atoms with van der Waals surface area (Å²) in [6, 6.07) is 5.89. The summed E-state index contributed by atoms with van der Waals surface area (Å²) < 4.78 is 144. The summed E-state index contributed by atoms with van der Waals surface area (Å²) in [5, 5.41) is 130. The maximum atomic E-state index is 12.7. The second-order valence-corrected chi connectivity index (χ2v) is 22.6. The van der Waals surface area contributed by atoms with Crippen molar-refractivity contribution in [1.29, 1.82) is 0 Å². The van der Waals surface area contributed by atoms with Crippen LogP contribution in [0, 0.1) is 0 Å². The van der Waals surface area contributed by atoms with E-state index in [-0.39, 0.29) is 130 Å². The Morgan fingerprint density at radius 3 is 1.06 bits per heavy atom. The van der Waals surface area contributed by atoms with E-state index in [4.69, 9.17) is 10.2 Å². The van der Waals surface area contributed by atoms with Gasteiger partial charge in [-0.3, -0.25) is 0 Å². The van der Waals surface area contributed by atoms with Crippen LogP contribution >= 0.6 is 0 Å². The van der Waals surface area contributed by atoms with Gasteiger partial charge in [-0.05, 0) is 35.4 Å². The number of hydrogen-bond acceptors (Lipinski definition) is 36. The first-order chi connectivity index (χ1) is 37.3. The molecule has 4 aromatic rings. The fourth-order valence-corrected chi connectivity index (χ4v) is 8.91. The van der Waals surface area contributed by atoms with E-state index in [1.54, 1.807) is 0 Å². The molecule has 84 heavy (non-hydrogen) atoms. The van der Waals surface area contributed by atoms with Crippen molar-refractivity contribution < 1.29 is 231 Å². The summed E-state index contributed by atoms with van der Waals surface area (Å²) in [4.78, 5) is 24.5. The molecule has 36 nitrogen and oxygen atoms in total. The number of nitrogens with one attached hydrogen (secondary N) is 4. The predicted octanol–water partition coefficient (Wildman–Crippen LogP) is -20.1. The van der Waals surface area contributed by atoms with Gasteiger partial charge in [0.25, 0.3) is 0 Å². The van der Waals surface area contributed by atoms with Gasteiger partial charge in [0, 0.05) is 50.6 Å². The summed E-state index contributed by atoms with van der Waals surface area (Å²) in [6.45, 7) is -6.79. The van der Waals surface area contributed by atoms with Crippen LogP contribution in [-0.2, 0) is 40.5 Å². The van der Waals surface area contributed by atoms with Gasteiger partial charge >= 0.3 is 118 Å². The third-order valence-electron chi connectivity index (χ3n) is 10.8. The molecule has 0 saturated carbocycles. The zero-order valence-electron chi connectivity index (χ0n) is 45.2. The van der Waals surface area contributed by atoms with E-state index in [0.717, 1.165) is 58.4 Å². The molecule has 2 aromatic heterocycles. The molecule has 0 aliphatic carbocycles. The molecule has 0 bridgehead atoms. The first kappa shape index (κ1) is 82.2. The molecular weight excluding hydrogens is 1250 g/mol. The Kier molecular flexibility index (Phi) is 36.5. The van der Waals surface area contributed by atoms with Gasteiger partial charge < -0.3 is 111 Å². The van der Waals surface area contributed by atoms with Crippen molar-refractivity contribution in [2.75, 3.05) is 108 Å². The predicted molar refractivity (Wildman–Crippen MR) is 271 cm³/mol. The molecule has 0 amide bonds. The second kappa shape index (κ2) is 37.4. The zero-order valence-corrected chi connectivity index (χ0v) is 56.5. The normalized spacial score (nSPS) is 14.8. The molecule has 0 aliphatic rings. The van der Waals surface area contributed by atoms with E-state index in [0.29, 0.717) is 0 Å². The van der Waals surface area contributed by atoms with Crippen molar-refractivity contribution in [2.45, 2.75) is 58.6 Å². The van der Waals surface area contributed by atoms with Crippen molar-refractivity contribution in [3.05, 3.63) is 47.5 Å². The summed E-state index contributed by atoms with van der Waals surface area (Å²) in [5.41, 5.74) is -1.32. The monoisotopic (exact) mass is 1310 g/mol. The van der Waals surface area contributed by atoms with Crippen LogP contribution in [0.25, 0.3) is 12.2 Å². The van der Waals surface area contributed by atoms with E-state index in [2.05, 4.69) is 51.2 Å². The van der Waals surface area contributed by atoms with Gasteiger partial charge in [0.15, 0.2) is 0 Å². The molecule has 16 N–H and O–H groups in total. The minimum absolute atomic E-state index is 0. The molecule has 4 rings (SSSR count). The van der Waals surface area contributed by atoms with Gasteiger partial charge in [-0.2, -0.15) is 29.9 Å². The Morgan fingerprint density at radius 2 is 0.774 bits per heavy atom. The van der Waals surface area contributed by atoms with E-state index in [1.165, 1.54) is 0 Å². The smallest absolute Gasteiger partial charge is 0.748 e. The van der Waals surface area contributed by atoms with E-state index in [1.807, 2.05) is 0 Å². The van der Waals surface area contributed by atoms with Gasteiger partial charge in [0.1, 0.15) is 69.1 Å². The third kappa shape index (κ3) is 26.7. The van der Waals surface area contributed by atoms with Crippen molar-refractivity contribution in [3.8, 4) is 0 Å². The van der Waals surface area contributed by atoms with Gasteiger partial charge in [0.05, 0.1) is 68.0 Å². The number of benzene rings is 2. The molecule has 0 radical (unpaired) electrons. The van der Waals surface area contributed by atoms with E-state index >= 15 is 0 Å². The third-order valence-corrected chi connectivity index (χ3v) is 14.0. The van der Waals surface area contributed by atoms with Crippen LogP contribution in [0.5, 0.6) is 0 Å². The first-order valence-electron chi connectivity index (χ1n) is 22.9. The standard InChI is InChI=1S/C40H60N12O24S4.4Na/c53-11-9-51(17-25(57)31(61)33(63)27(59)19-55)39-47-35(41-7-13-77(65,66)67)45-37(49-39)43-23-5-3-21(29(15-23)79(71,72)73)1-2-22-4-6-24(16-30(22)80(74,75)76)44-38-46-36(42-8-14-78(68,69)70)48-40(50-38)52(10-12-54)18-26(58)32(62)34(64)28(60)20-56;;;;/h1-6,15-16,25-28,31-34,53-64H,7-14,17-20H2,(H,65,66,67)(H,68,69,70)(H,71,72,73)(H,74,75,76)(H2,41,43,45,47,49)(H2,42,44,46,48,50);;;;/q;4*+1/p-4. The summed E-state index contributed by atoms with van der Waals surface area (Å²) in [7, 11) is -20.5. The first-order valence-corrected chi connectivity index (χ1v) is 28.9. The fourth-order valence-electron chi connectivity index (χ4n) is 6.81. The largest absolute Gasteiger partial charge is 1.00 e. The van der Waals surface area contributed by atoms with Crippen LogP contribution in [0.15, 0.2) is 46.2 Å². The molecular formula is C40H56N12Na4O24S4. The Balaban J connectivity index is 0.0000172. The van der Waals surface area contributed by atoms with Crippen LogP contribution in [0.3, 0.4) is 0 Å². The molecule has 8 unspecified atom stereocenters. The number of nitrogens with zero attached hydrogens (tertiary/aromatic N) is 8. The molecule has 0 fully saturated rings. The van der Waals surface area contributed by atoms with Gasteiger partial charge in [-0.15, -0.1) is 0 Å². The van der Waals surface area contributed by atoms with Crippen LogP contribution in [0.4, 0.5) is 47.1 Å². The quantitative estimate of drug-likeness (QED) is 0.0117. The Bertz CT molecular complexity index is 3010. The average Bonchev–Trinajstić information content (AvgIpc) is 3.37. The maximum absolute atomic E-state index is 12.7. The molecule has 0 saturated heterocycles. The number of aromatic nitrogens is 6. The summed E-state index contributed by atoms with van der Waals surface area (Å²) in [6.07, 6.45) is -14.1. The van der Waals surface area contributed by atoms with Crippen molar-refractivity contribution in [3.63, 3.8) is 0 Å². The summed E-state index contributed by atoms with van der Waals surface area (Å²) in [5.74, 6) is -4.87. The van der Waals surface area contributed by atoms with Crippen molar-refractivity contribution in [2.24, 2.45) is 0 Å². The SMILES string of the molecule is O=S(=O)([O-])CCNc1nc(Nc2ccc(C=Cc3ccc(Nc4nc(NCCS(=O)(=O)[O-])nc(N(CCO)CC(O)C(O)C(O)C(O)CO)n4)cc3S(=O)(=O)[O-])c(S(=O)(=O)[O-])c2)nc(N(CCO)CC(O)C(O)C(O)C(O)CO)n1.[Na+].[Na+].[Na+].[Na+]. The fraction of sp³-hybridized carbons (Fsp3) is 0.500. The van der Waals surface area contributed by atoms with Gasteiger partial charge in [0.2, 0.25) is 35.7 Å². The Hall–Kier alpha value is -1.84. The second-order valence-electron chi connectivity index (χ2n) is 16.9. The van der Waals surface area contributed by atoms with Crippen LogP contribution in [-0.4, -0.2) is 269 Å². The van der Waals surface area contributed by atoms with Gasteiger partial charge in [-0.1, -0.05) is 24.3 Å². The average molecular weight is 1310 g/mol. The number of aliphatic hydroxyl groups is 12. The summed E-state index contributed by atoms with van der Waals surface area (Å²) >= 11 is 0. The molecule has 448 valence electrons. The molecule has 0 spiro atoms. The van der Waals surface area contributed by atoms with Gasteiger partial charge in [-0.25, -0.2) is 33.7 Å². The molecule has 8 atom stereocenters. The maximum Gasteiger partial charge on any atom is 1.00 e. The molecule has 2 heterocycles. The van der Waals surface area contributed by atoms with E-state index in [9.17, 15) is 103 Å². The Labute approximate surface area is 569 Å². The zero-order chi connectivity index (χ0) is 59.9. The van der Waals surface area contributed by atoms with E-state index < -0.39 is 223 Å². The number of aliphatic hydroxyl groups excluding tert-OH is 12. The number of rotatable bonds is 34. The number of hydrogen-bond donors (Lipinski definition) is 16. The van der Waals surface area contributed by atoms with Crippen LogP contribution < -0.4 is 149 Å². The molecule has 0 aliphatic heterocycles. The number of anilines is 8. The van der Waals surface area contributed by atoms with Crippen LogP contribution in [0.1, 0.15) is 11.1 Å². The Morgan fingerprint density at radius 1 is 0.464 bits per heavy atom. The molecule has 44 heteroatoms. The van der Waals surface area contributed by atoms with Crippen molar-refractivity contribution >= 4 is 99.7 Å². The topological polar surface area (TPSA) is 604 Å². The molecule has 2 aromatic carbocycles. The minimum atomic E-state index is -5.45. The minimum Gasteiger partial charge on any atom is -0.748 e.